The molecule has 0 aromatic carbocycles. The summed E-state index contributed by atoms with van der Waals surface area (Å²) in [7, 11) is 0. The highest BCUT2D eigenvalue weighted by Gasteiger charge is 2.61. The van der Waals surface area contributed by atoms with E-state index in [9.17, 15) is 4.79 Å². The van der Waals surface area contributed by atoms with Gasteiger partial charge in [-0.3, -0.25) is 4.79 Å². The molecule has 0 aliphatic heterocycles. The van der Waals surface area contributed by atoms with Crippen LogP contribution in [0.25, 0.3) is 0 Å². The lowest BCUT2D eigenvalue weighted by atomic mass is 9.46. The van der Waals surface area contributed by atoms with Crippen molar-refractivity contribution in [2.24, 2.45) is 34.0 Å². The van der Waals surface area contributed by atoms with Crippen molar-refractivity contribution in [3.63, 3.8) is 0 Å². The van der Waals surface area contributed by atoms with E-state index in [4.69, 9.17) is 0 Å². The van der Waals surface area contributed by atoms with Crippen molar-refractivity contribution in [2.45, 2.75) is 85.5 Å². The van der Waals surface area contributed by atoms with Crippen LogP contribution in [0.3, 0.4) is 0 Å². The molecule has 6 atom stereocenters. The average Bonchev–Trinajstić information content (AvgIpc) is 2.85. The molecule has 1 nitrogen and oxygen atoms in total. The van der Waals surface area contributed by atoms with Gasteiger partial charge in [0.2, 0.25) is 0 Å². The van der Waals surface area contributed by atoms with Gasteiger partial charge < -0.3 is 0 Å². The third-order valence-corrected chi connectivity index (χ3v) is 9.41. The van der Waals surface area contributed by atoms with Gasteiger partial charge in [0.05, 0.1) is 0 Å². The van der Waals surface area contributed by atoms with Crippen molar-refractivity contribution in [1.82, 2.24) is 0 Å². The molecule has 0 radical (unpaired) electrons. The molecule has 0 saturated heterocycles. The Hall–Kier alpha value is -0.850. The van der Waals surface area contributed by atoms with E-state index in [1.807, 2.05) is 12.2 Å². The Balaban J connectivity index is 1.64. The molecular formula is C24H36O. The molecule has 0 heterocycles. The van der Waals surface area contributed by atoms with Gasteiger partial charge in [0.25, 0.3) is 0 Å². The van der Waals surface area contributed by atoms with Crippen LogP contribution in [0, 0.1) is 34.0 Å². The van der Waals surface area contributed by atoms with Crippen LogP contribution in [0.4, 0.5) is 0 Å². The van der Waals surface area contributed by atoms with E-state index in [1.54, 1.807) is 0 Å². The van der Waals surface area contributed by atoms with Gasteiger partial charge in [-0.15, -0.1) is 0 Å². The fourth-order valence-electron chi connectivity index (χ4n) is 7.54. The van der Waals surface area contributed by atoms with Gasteiger partial charge in [0.1, 0.15) is 0 Å². The lowest BCUT2D eigenvalue weighted by Gasteiger charge is -2.59. The first-order valence-electron chi connectivity index (χ1n) is 10.8. The highest BCUT2D eigenvalue weighted by molar-refractivity contribution is 6.01. The molecule has 2 unspecified atom stereocenters. The summed E-state index contributed by atoms with van der Waals surface area (Å²) in [5.74, 6) is 2.72. The number of allylic oxidation sites excluding steroid dienone is 4. The smallest absolute Gasteiger partial charge is 0.178 e. The molecule has 1 heteroatoms. The Morgan fingerprint density at radius 2 is 1.84 bits per heavy atom. The summed E-state index contributed by atoms with van der Waals surface area (Å²) in [4.78, 5) is 11.9. The topological polar surface area (TPSA) is 17.1 Å². The maximum atomic E-state index is 11.9. The predicted octanol–water partition coefficient (Wildman–Crippen LogP) is 6.49. The minimum absolute atomic E-state index is 0.153. The lowest BCUT2D eigenvalue weighted by molar-refractivity contribution is -0.111. The zero-order valence-electron chi connectivity index (χ0n) is 16.7. The van der Waals surface area contributed by atoms with E-state index in [-0.39, 0.29) is 11.2 Å². The van der Waals surface area contributed by atoms with Crippen molar-refractivity contribution in [2.75, 3.05) is 0 Å². The molecule has 4 aliphatic carbocycles. The van der Waals surface area contributed by atoms with E-state index < -0.39 is 0 Å². The number of unbranched alkanes of at least 4 members (excludes halogenated alkanes) is 1. The normalized spacial score (nSPS) is 48.6. The summed E-state index contributed by atoms with van der Waals surface area (Å²) < 4.78 is 0. The standard InChI is InChI=1S/C24H36O/c1-5-6-12-22(2)13-10-21-19-8-7-17-16-18(25)9-14-23(17,3)20(19)11-15-24(21,22)4/h9,14,16,19-21H,5-8,10-13,15H2,1-4H3/t19?,20-,21-,22?,23-,24-/m0/s1. The molecule has 0 amide bonds. The van der Waals surface area contributed by atoms with E-state index in [0.29, 0.717) is 10.8 Å². The third kappa shape index (κ3) is 2.37. The van der Waals surface area contributed by atoms with Crippen molar-refractivity contribution in [3.8, 4) is 0 Å². The van der Waals surface area contributed by atoms with E-state index in [0.717, 1.165) is 24.2 Å². The Morgan fingerprint density at radius 1 is 1.08 bits per heavy atom. The fraction of sp³-hybridized carbons (Fsp3) is 0.792. The lowest BCUT2D eigenvalue weighted by Crippen LogP contribution is -2.51. The van der Waals surface area contributed by atoms with E-state index in [1.165, 1.54) is 56.9 Å². The quantitative estimate of drug-likeness (QED) is 0.574. The molecular weight excluding hydrogens is 304 g/mol. The van der Waals surface area contributed by atoms with Crippen molar-refractivity contribution in [1.29, 1.82) is 0 Å². The first-order chi connectivity index (χ1) is 11.8. The van der Waals surface area contributed by atoms with Gasteiger partial charge in [-0.2, -0.15) is 0 Å². The van der Waals surface area contributed by atoms with Gasteiger partial charge in [-0.25, -0.2) is 0 Å². The monoisotopic (exact) mass is 340 g/mol. The van der Waals surface area contributed by atoms with Crippen LogP contribution in [0.15, 0.2) is 23.8 Å². The first kappa shape index (κ1) is 17.6. The van der Waals surface area contributed by atoms with E-state index in [2.05, 4.69) is 33.8 Å². The predicted molar refractivity (Wildman–Crippen MR) is 104 cm³/mol. The second kappa shape index (κ2) is 5.83. The summed E-state index contributed by atoms with van der Waals surface area (Å²) in [6.45, 7) is 10.0. The Bertz CT molecular complexity index is 628. The van der Waals surface area contributed by atoms with Gasteiger partial charge in [0, 0.05) is 5.41 Å². The largest absolute Gasteiger partial charge is 0.290 e. The zero-order chi connectivity index (χ0) is 17.9. The summed E-state index contributed by atoms with van der Waals surface area (Å²) >= 11 is 0. The highest BCUT2D eigenvalue weighted by atomic mass is 16.1. The molecule has 0 N–H and O–H groups in total. The van der Waals surface area contributed by atoms with E-state index >= 15 is 0 Å². The maximum absolute atomic E-state index is 11.9. The molecule has 0 aromatic rings. The summed E-state index contributed by atoms with van der Waals surface area (Å²) in [5.41, 5.74) is 2.67. The number of rotatable bonds is 3. The molecule has 3 saturated carbocycles. The summed E-state index contributed by atoms with van der Waals surface area (Å²) in [6, 6.07) is 0. The Labute approximate surface area is 154 Å². The Morgan fingerprint density at radius 3 is 2.60 bits per heavy atom. The van der Waals surface area contributed by atoms with Gasteiger partial charge in [-0.1, -0.05) is 52.2 Å². The summed E-state index contributed by atoms with van der Waals surface area (Å²) in [6.07, 6.45) is 18.3. The molecule has 138 valence electrons. The van der Waals surface area contributed by atoms with Gasteiger partial charge >= 0.3 is 0 Å². The van der Waals surface area contributed by atoms with Crippen molar-refractivity contribution < 1.29 is 4.79 Å². The van der Waals surface area contributed by atoms with Crippen molar-refractivity contribution in [3.05, 3.63) is 23.8 Å². The number of carbonyl (C=O) groups is 1. The minimum Gasteiger partial charge on any atom is -0.290 e. The van der Waals surface area contributed by atoms with Crippen LogP contribution in [0.1, 0.15) is 85.5 Å². The minimum atomic E-state index is 0.153. The zero-order valence-corrected chi connectivity index (χ0v) is 16.7. The molecule has 4 aliphatic rings. The maximum Gasteiger partial charge on any atom is 0.178 e. The molecule has 0 bridgehead atoms. The second-order valence-corrected chi connectivity index (χ2v) is 10.3. The van der Waals surface area contributed by atoms with Crippen LogP contribution in [0.5, 0.6) is 0 Å². The molecule has 3 fully saturated rings. The van der Waals surface area contributed by atoms with Crippen LogP contribution in [-0.2, 0) is 4.79 Å². The molecule has 4 rings (SSSR count). The van der Waals surface area contributed by atoms with Crippen LogP contribution in [-0.4, -0.2) is 5.78 Å². The Kier molecular flexibility index (Phi) is 4.09. The van der Waals surface area contributed by atoms with Crippen LogP contribution < -0.4 is 0 Å². The first-order valence-corrected chi connectivity index (χ1v) is 10.8. The highest BCUT2D eigenvalue weighted by Crippen LogP contribution is 2.70. The van der Waals surface area contributed by atoms with Gasteiger partial charge in [0.15, 0.2) is 5.78 Å². The fourth-order valence-corrected chi connectivity index (χ4v) is 7.54. The molecule has 0 spiro atoms. The average molecular weight is 341 g/mol. The third-order valence-electron chi connectivity index (χ3n) is 9.41. The second-order valence-electron chi connectivity index (χ2n) is 10.3. The number of carbonyl (C=O) groups excluding carboxylic acids is 1. The van der Waals surface area contributed by atoms with Crippen LogP contribution >= 0.6 is 0 Å². The van der Waals surface area contributed by atoms with Crippen molar-refractivity contribution >= 4 is 5.78 Å². The number of ketones is 1. The number of fused-ring (bicyclic) bond motifs is 5. The van der Waals surface area contributed by atoms with Crippen LogP contribution in [0.2, 0.25) is 0 Å². The summed E-state index contributed by atoms with van der Waals surface area (Å²) in [5, 5.41) is 0. The van der Waals surface area contributed by atoms with Gasteiger partial charge in [-0.05, 0) is 85.7 Å². The SMILES string of the molecule is CCCCC1(C)CC[C@H]2C3CCC4=CC(=O)C=C[C@]4(C)[C@H]3CC[C@@]21C. The number of hydrogen-bond donors (Lipinski definition) is 0. The number of hydrogen-bond acceptors (Lipinski definition) is 1. The molecule has 0 aromatic heterocycles. The molecule has 25 heavy (non-hydrogen) atoms.